The first kappa shape index (κ1) is 15.1. The van der Waals surface area contributed by atoms with Crippen LogP contribution in [0.4, 0.5) is 0 Å². The largest absolute Gasteiger partial charge is 0.284 e. The van der Waals surface area contributed by atoms with E-state index in [1.165, 1.54) is 5.69 Å². The van der Waals surface area contributed by atoms with Crippen LogP contribution < -0.4 is 5.56 Å². The molecular formula is C15H28N2O. The summed E-state index contributed by atoms with van der Waals surface area (Å²) in [5.41, 5.74) is 2.25. The monoisotopic (exact) mass is 252 g/mol. The van der Waals surface area contributed by atoms with Gasteiger partial charge in [0.2, 0.25) is 0 Å². The Morgan fingerprint density at radius 3 is 2.33 bits per heavy atom. The molecule has 1 aromatic rings. The van der Waals surface area contributed by atoms with Crippen molar-refractivity contribution in [2.75, 3.05) is 0 Å². The lowest BCUT2D eigenvalue weighted by molar-refractivity contribution is 0.336. The Balaban J connectivity index is 3.23. The van der Waals surface area contributed by atoms with Gasteiger partial charge in [0.05, 0.1) is 5.54 Å². The van der Waals surface area contributed by atoms with Gasteiger partial charge in [-0.15, -0.1) is 0 Å². The van der Waals surface area contributed by atoms with Crippen molar-refractivity contribution in [1.82, 2.24) is 9.78 Å². The number of hydrogen-bond acceptors (Lipinski definition) is 1. The summed E-state index contributed by atoms with van der Waals surface area (Å²) in [6.45, 7) is 13.0. The summed E-state index contributed by atoms with van der Waals surface area (Å²) in [4.78, 5) is 12.1. The minimum Gasteiger partial charge on any atom is -0.284 e. The summed E-state index contributed by atoms with van der Waals surface area (Å²) in [5.74, 6) is 0.564. The van der Waals surface area contributed by atoms with E-state index in [2.05, 4.69) is 51.3 Å². The van der Waals surface area contributed by atoms with Gasteiger partial charge in [0, 0.05) is 11.3 Å². The quantitative estimate of drug-likeness (QED) is 0.856. The van der Waals surface area contributed by atoms with Gasteiger partial charge in [-0.25, -0.2) is 0 Å². The Morgan fingerprint density at radius 2 is 1.89 bits per heavy atom. The molecule has 0 saturated carbocycles. The molecule has 0 atom stereocenters. The third-order valence-corrected chi connectivity index (χ3v) is 3.16. The highest BCUT2D eigenvalue weighted by molar-refractivity contribution is 5.20. The molecule has 0 aliphatic carbocycles. The minimum absolute atomic E-state index is 0.0617. The fraction of sp³-hybridized carbons (Fsp3) is 0.800. The molecular weight excluding hydrogens is 224 g/mol. The van der Waals surface area contributed by atoms with Crippen molar-refractivity contribution in [3.63, 3.8) is 0 Å². The lowest BCUT2D eigenvalue weighted by Gasteiger charge is -2.24. The Hall–Kier alpha value is -0.990. The number of aromatic amines is 1. The summed E-state index contributed by atoms with van der Waals surface area (Å²) in [5, 5.41) is 3.03. The predicted molar refractivity (Wildman–Crippen MR) is 77.2 cm³/mol. The van der Waals surface area contributed by atoms with E-state index in [1.54, 1.807) is 0 Å². The minimum atomic E-state index is -0.0617. The number of H-pyrrole nitrogens is 1. The standard InChI is InChI=1S/C15H28N2O/c1-7-8-9-12-13(10-11(2)3)17(15(4,5)6)16-14(12)18/h11H,7-10H2,1-6H3,(H,16,18). The molecule has 0 aromatic carbocycles. The van der Waals surface area contributed by atoms with Crippen molar-refractivity contribution in [3.8, 4) is 0 Å². The van der Waals surface area contributed by atoms with Gasteiger partial charge < -0.3 is 0 Å². The number of hydrogen-bond donors (Lipinski definition) is 1. The first-order valence-electron chi connectivity index (χ1n) is 7.10. The summed E-state index contributed by atoms with van der Waals surface area (Å²) in [6.07, 6.45) is 4.08. The lowest BCUT2D eigenvalue weighted by atomic mass is 9.99. The number of nitrogens with zero attached hydrogens (tertiary/aromatic N) is 1. The number of rotatable bonds is 5. The van der Waals surface area contributed by atoms with E-state index in [9.17, 15) is 4.79 Å². The zero-order valence-electron chi connectivity index (χ0n) is 12.8. The maximum atomic E-state index is 12.1. The van der Waals surface area contributed by atoms with E-state index in [4.69, 9.17) is 0 Å². The van der Waals surface area contributed by atoms with Crippen LogP contribution in [-0.4, -0.2) is 9.78 Å². The maximum absolute atomic E-state index is 12.1. The van der Waals surface area contributed by atoms with Gasteiger partial charge in [-0.1, -0.05) is 27.2 Å². The zero-order chi connectivity index (χ0) is 13.9. The van der Waals surface area contributed by atoms with Gasteiger partial charge in [-0.2, -0.15) is 0 Å². The van der Waals surface area contributed by atoms with Gasteiger partial charge in [0.15, 0.2) is 0 Å². The molecule has 0 radical (unpaired) electrons. The SMILES string of the molecule is CCCCc1c(CC(C)C)n(C(C)(C)C)[nH]c1=O. The molecule has 0 fully saturated rings. The van der Waals surface area contributed by atoms with Crippen LogP contribution in [0.5, 0.6) is 0 Å². The normalized spacial score (nSPS) is 12.4. The summed E-state index contributed by atoms with van der Waals surface area (Å²) < 4.78 is 2.07. The van der Waals surface area contributed by atoms with E-state index >= 15 is 0 Å². The Morgan fingerprint density at radius 1 is 1.28 bits per heavy atom. The third kappa shape index (κ3) is 3.50. The summed E-state index contributed by atoms with van der Waals surface area (Å²) in [6, 6.07) is 0. The molecule has 1 rings (SSSR count). The van der Waals surface area contributed by atoms with Gasteiger partial charge in [-0.05, 0) is 46.0 Å². The van der Waals surface area contributed by atoms with Crippen molar-refractivity contribution in [1.29, 1.82) is 0 Å². The molecule has 3 nitrogen and oxygen atoms in total. The van der Waals surface area contributed by atoms with Gasteiger partial charge in [-0.3, -0.25) is 14.6 Å². The van der Waals surface area contributed by atoms with E-state index in [1.807, 2.05) is 0 Å². The van der Waals surface area contributed by atoms with Crippen LogP contribution >= 0.6 is 0 Å². The molecule has 1 N–H and O–H groups in total. The zero-order valence-corrected chi connectivity index (χ0v) is 12.8. The molecule has 0 aliphatic rings. The molecule has 0 unspecified atom stereocenters. The van der Waals surface area contributed by atoms with Crippen LogP contribution in [0, 0.1) is 5.92 Å². The lowest BCUT2D eigenvalue weighted by Crippen LogP contribution is -2.27. The predicted octanol–water partition coefficient (Wildman–Crippen LogP) is 3.47. The Bertz CT molecular complexity index is 432. The second-order valence-electron chi connectivity index (χ2n) is 6.57. The van der Waals surface area contributed by atoms with Crippen LogP contribution in [0.15, 0.2) is 4.79 Å². The molecule has 0 bridgehead atoms. The maximum Gasteiger partial charge on any atom is 0.267 e. The first-order valence-corrected chi connectivity index (χ1v) is 7.10. The van der Waals surface area contributed by atoms with Gasteiger partial charge >= 0.3 is 0 Å². The molecule has 104 valence electrons. The highest BCUT2D eigenvalue weighted by Crippen LogP contribution is 2.20. The highest BCUT2D eigenvalue weighted by atomic mass is 16.1. The third-order valence-electron chi connectivity index (χ3n) is 3.16. The topological polar surface area (TPSA) is 37.8 Å². The van der Waals surface area contributed by atoms with Crippen LogP contribution in [0.1, 0.15) is 65.6 Å². The van der Waals surface area contributed by atoms with Crippen molar-refractivity contribution < 1.29 is 0 Å². The van der Waals surface area contributed by atoms with Gasteiger partial charge in [0.1, 0.15) is 0 Å². The van der Waals surface area contributed by atoms with E-state index in [0.717, 1.165) is 31.2 Å². The van der Waals surface area contributed by atoms with E-state index < -0.39 is 0 Å². The van der Waals surface area contributed by atoms with Crippen LogP contribution in [0.3, 0.4) is 0 Å². The van der Waals surface area contributed by atoms with Crippen LogP contribution in [-0.2, 0) is 18.4 Å². The first-order chi connectivity index (χ1) is 8.27. The van der Waals surface area contributed by atoms with Crippen molar-refractivity contribution in [2.45, 2.75) is 72.8 Å². The van der Waals surface area contributed by atoms with E-state index in [-0.39, 0.29) is 11.1 Å². The molecule has 1 aromatic heterocycles. The molecule has 0 amide bonds. The number of nitrogens with one attached hydrogen (secondary N) is 1. The smallest absolute Gasteiger partial charge is 0.267 e. The fourth-order valence-corrected chi connectivity index (χ4v) is 2.29. The average Bonchev–Trinajstić information content (AvgIpc) is 2.52. The van der Waals surface area contributed by atoms with Crippen molar-refractivity contribution in [3.05, 3.63) is 21.6 Å². The second kappa shape index (κ2) is 5.77. The molecule has 3 heteroatoms. The molecule has 0 aliphatic heterocycles. The fourth-order valence-electron chi connectivity index (χ4n) is 2.29. The second-order valence-corrected chi connectivity index (χ2v) is 6.57. The van der Waals surface area contributed by atoms with Crippen LogP contribution in [0.25, 0.3) is 0 Å². The molecule has 1 heterocycles. The average molecular weight is 252 g/mol. The number of aromatic nitrogens is 2. The Labute approximate surface area is 111 Å². The van der Waals surface area contributed by atoms with Gasteiger partial charge in [0.25, 0.3) is 5.56 Å². The van der Waals surface area contributed by atoms with E-state index in [0.29, 0.717) is 5.92 Å². The molecule has 0 spiro atoms. The molecule has 18 heavy (non-hydrogen) atoms. The Kier molecular flexibility index (Phi) is 4.83. The van der Waals surface area contributed by atoms with Crippen molar-refractivity contribution in [2.24, 2.45) is 5.92 Å². The molecule has 0 saturated heterocycles. The summed E-state index contributed by atoms with van der Waals surface area (Å²) >= 11 is 0. The van der Waals surface area contributed by atoms with Crippen LogP contribution in [0.2, 0.25) is 0 Å². The number of unbranched alkanes of at least 4 members (excludes halogenated alkanes) is 1. The highest BCUT2D eigenvalue weighted by Gasteiger charge is 2.22. The van der Waals surface area contributed by atoms with Crippen molar-refractivity contribution >= 4 is 0 Å². The summed E-state index contributed by atoms with van der Waals surface area (Å²) in [7, 11) is 0.